The summed E-state index contributed by atoms with van der Waals surface area (Å²) in [4.78, 5) is 15.5. The van der Waals surface area contributed by atoms with E-state index in [1.165, 1.54) is 29.0 Å². The summed E-state index contributed by atoms with van der Waals surface area (Å²) in [5.74, 6) is 2.53. The van der Waals surface area contributed by atoms with E-state index in [0.717, 1.165) is 38.9 Å². The van der Waals surface area contributed by atoms with Crippen LogP contribution < -0.4 is 5.63 Å². The second-order valence-electron chi connectivity index (χ2n) is 9.26. The molecule has 3 aliphatic rings. The zero-order valence-electron chi connectivity index (χ0n) is 17.1. The molecule has 4 nitrogen and oxygen atoms in total. The molecule has 0 spiro atoms. The Labute approximate surface area is 175 Å². The van der Waals surface area contributed by atoms with E-state index in [-0.39, 0.29) is 23.2 Å². The van der Waals surface area contributed by atoms with Crippen molar-refractivity contribution in [1.82, 2.24) is 0 Å². The molecule has 2 saturated carbocycles. The highest BCUT2D eigenvalue weighted by Gasteiger charge is 2.40. The maximum Gasteiger partial charge on any atom is 0.343 e. The molecule has 0 amide bonds. The first-order valence-corrected chi connectivity index (χ1v) is 11.9. The van der Waals surface area contributed by atoms with Gasteiger partial charge >= 0.3 is 5.63 Å². The number of aromatic hydroxyl groups is 1. The van der Waals surface area contributed by atoms with Gasteiger partial charge in [0.2, 0.25) is 0 Å². The molecule has 0 bridgehead atoms. The van der Waals surface area contributed by atoms with Gasteiger partial charge in [0.05, 0.1) is 5.56 Å². The molecule has 0 aromatic carbocycles. The van der Waals surface area contributed by atoms with Crippen LogP contribution in [0.4, 0.5) is 0 Å². The van der Waals surface area contributed by atoms with Crippen LogP contribution in [0.5, 0.6) is 5.75 Å². The Hall–Kier alpha value is -1.59. The Kier molecular flexibility index (Phi) is 5.29. The smallest absolute Gasteiger partial charge is 0.343 e. The van der Waals surface area contributed by atoms with E-state index in [4.69, 9.17) is 9.15 Å². The Bertz CT molecular complexity index is 915. The Morgan fingerprint density at radius 3 is 2.55 bits per heavy atom. The predicted octanol–water partition coefficient (Wildman–Crippen LogP) is 5.57. The lowest BCUT2D eigenvalue weighted by Gasteiger charge is -2.26. The summed E-state index contributed by atoms with van der Waals surface area (Å²) in [7, 11) is 0. The third kappa shape index (κ3) is 4.17. The first-order chi connectivity index (χ1) is 14.1. The molecule has 5 heteroatoms. The van der Waals surface area contributed by atoms with Gasteiger partial charge in [-0.25, -0.2) is 4.79 Å². The zero-order valence-corrected chi connectivity index (χ0v) is 17.9. The van der Waals surface area contributed by atoms with Crippen molar-refractivity contribution >= 4 is 11.3 Å². The van der Waals surface area contributed by atoms with E-state index in [1.807, 2.05) is 0 Å². The van der Waals surface area contributed by atoms with Crippen LogP contribution in [0.15, 0.2) is 27.4 Å². The topological polar surface area (TPSA) is 59.7 Å². The summed E-state index contributed by atoms with van der Waals surface area (Å²) in [6.07, 6.45) is 7.86. The van der Waals surface area contributed by atoms with Gasteiger partial charge in [0.25, 0.3) is 0 Å². The van der Waals surface area contributed by atoms with Crippen molar-refractivity contribution in [1.29, 1.82) is 0 Å². The lowest BCUT2D eigenvalue weighted by Crippen LogP contribution is -2.22. The Morgan fingerprint density at radius 2 is 1.97 bits per heavy atom. The van der Waals surface area contributed by atoms with Gasteiger partial charge in [-0.3, -0.25) is 0 Å². The van der Waals surface area contributed by atoms with E-state index in [9.17, 15) is 9.90 Å². The normalized spacial score (nSPS) is 24.4. The minimum atomic E-state index is -0.339. The molecular formula is C24H30O4S. The fraction of sp³-hybridized carbons (Fsp3) is 0.625. The van der Waals surface area contributed by atoms with Gasteiger partial charge in [0, 0.05) is 40.9 Å². The van der Waals surface area contributed by atoms with Gasteiger partial charge < -0.3 is 14.3 Å². The molecule has 0 radical (unpaired) electrons. The highest BCUT2D eigenvalue weighted by Crippen LogP contribution is 2.51. The number of thiophene rings is 1. The molecule has 5 rings (SSSR count). The maximum absolute atomic E-state index is 13.1. The average Bonchev–Trinajstić information content (AvgIpc) is 3.62. The fourth-order valence-electron chi connectivity index (χ4n) is 5.03. The third-order valence-electron chi connectivity index (χ3n) is 6.86. The molecule has 2 aliphatic carbocycles. The van der Waals surface area contributed by atoms with Crippen LogP contribution in [0.25, 0.3) is 0 Å². The minimum absolute atomic E-state index is 0.0369. The molecule has 1 saturated heterocycles. The van der Waals surface area contributed by atoms with Crippen molar-refractivity contribution in [3.05, 3.63) is 49.7 Å². The van der Waals surface area contributed by atoms with Crippen molar-refractivity contribution in [3.8, 4) is 5.75 Å². The molecule has 1 aliphatic heterocycles. The molecule has 1 N–H and O–H groups in total. The lowest BCUT2D eigenvalue weighted by atomic mass is 9.85. The summed E-state index contributed by atoms with van der Waals surface area (Å²) >= 11 is 1.72. The number of ether oxygens (including phenoxy) is 1. The molecule has 2 aromatic rings. The van der Waals surface area contributed by atoms with Crippen LogP contribution in [-0.2, 0) is 4.74 Å². The fourth-order valence-corrected chi connectivity index (χ4v) is 6.11. The molecule has 3 heterocycles. The standard InChI is InChI=1S/C24H30O4S/c1-14-4-9-21(29-14)22(17-7-8-17)23-19(25)12-20(28-24(23)26)18(16-5-6-16)11-15-3-2-10-27-13-15/h4,9,12,15-18,22,25H,2-3,5-8,10-11,13H2,1H3. The molecule has 29 heavy (non-hydrogen) atoms. The minimum Gasteiger partial charge on any atom is -0.507 e. The second kappa shape index (κ2) is 7.92. The highest BCUT2D eigenvalue weighted by molar-refractivity contribution is 7.12. The van der Waals surface area contributed by atoms with Crippen LogP contribution in [0.1, 0.15) is 77.9 Å². The van der Waals surface area contributed by atoms with Gasteiger partial charge in [-0.15, -0.1) is 11.3 Å². The van der Waals surface area contributed by atoms with Crippen LogP contribution in [0, 0.1) is 24.7 Å². The van der Waals surface area contributed by atoms with Crippen molar-refractivity contribution in [2.24, 2.45) is 17.8 Å². The van der Waals surface area contributed by atoms with E-state index < -0.39 is 0 Å². The van der Waals surface area contributed by atoms with Crippen LogP contribution in [-0.4, -0.2) is 18.3 Å². The number of hydrogen-bond acceptors (Lipinski definition) is 5. The highest BCUT2D eigenvalue weighted by atomic mass is 32.1. The number of aryl methyl sites for hydroxylation is 1. The summed E-state index contributed by atoms with van der Waals surface area (Å²) in [5.41, 5.74) is 0.127. The van der Waals surface area contributed by atoms with Crippen LogP contribution in [0.2, 0.25) is 0 Å². The number of hydrogen-bond donors (Lipinski definition) is 1. The quantitative estimate of drug-likeness (QED) is 0.644. The number of rotatable bonds is 7. The molecule has 2 aromatic heterocycles. The lowest BCUT2D eigenvalue weighted by molar-refractivity contribution is 0.0469. The van der Waals surface area contributed by atoms with Crippen molar-refractivity contribution in [2.45, 2.75) is 63.7 Å². The molecular weight excluding hydrogens is 384 g/mol. The second-order valence-corrected chi connectivity index (χ2v) is 10.6. The molecule has 3 unspecified atom stereocenters. The van der Waals surface area contributed by atoms with Gasteiger partial charge in [-0.2, -0.15) is 0 Å². The summed E-state index contributed by atoms with van der Waals surface area (Å²) in [5, 5.41) is 11.0. The van der Waals surface area contributed by atoms with Gasteiger partial charge in [0.15, 0.2) is 0 Å². The third-order valence-corrected chi connectivity index (χ3v) is 7.94. The zero-order chi connectivity index (χ0) is 20.0. The van der Waals surface area contributed by atoms with E-state index in [0.29, 0.717) is 29.1 Å². The summed E-state index contributed by atoms with van der Waals surface area (Å²) in [6, 6.07) is 5.96. The van der Waals surface area contributed by atoms with E-state index in [2.05, 4.69) is 19.1 Å². The Morgan fingerprint density at radius 1 is 1.17 bits per heavy atom. The van der Waals surface area contributed by atoms with Crippen molar-refractivity contribution < 1.29 is 14.3 Å². The largest absolute Gasteiger partial charge is 0.507 e. The average molecular weight is 415 g/mol. The van der Waals surface area contributed by atoms with E-state index in [1.54, 1.807) is 17.4 Å². The van der Waals surface area contributed by atoms with Crippen LogP contribution >= 0.6 is 11.3 Å². The van der Waals surface area contributed by atoms with Gasteiger partial charge in [-0.05, 0) is 81.8 Å². The van der Waals surface area contributed by atoms with Crippen LogP contribution in [0.3, 0.4) is 0 Å². The molecule has 3 atom stereocenters. The van der Waals surface area contributed by atoms with E-state index >= 15 is 0 Å². The summed E-state index contributed by atoms with van der Waals surface area (Å²) in [6.45, 7) is 3.75. The first-order valence-electron chi connectivity index (χ1n) is 11.1. The van der Waals surface area contributed by atoms with Gasteiger partial charge in [0.1, 0.15) is 11.5 Å². The summed E-state index contributed by atoms with van der Waals surface area (Å²) < 4.78 is 11.6. The van der Waals surface area contributed by atoms with Gasteiger partial charge in [-0.1, -0.05) is 0 Å². The molecule has 3 fully saturated rings. The Balaban J connectivity index is 1.46. The monoisotopic (exact) mass is 414 g/mol. The van der Waals surface area contributed by atoms with Crippen molar-refractivity contribution in [2.75, 3.05) is 13.2 Å². The van der Waals surface area contributed by atoms with Crippen molar-refractivity contribution in [3.63, 3.8) is 0 Å². The molecule has 156 valence electrons. The maximum atomic E-state index is 13.1. The predicted molar refractivity (Wildman–Crippen MR) is 114 cm³/mol. The first kappa shape index (κ1) is 19.4. The SMILES string of the molecule is Cc1ccc(C(c2c(O)cc(C(CC3CCCOC3)C3CC3)oc2=O)C2CC2)s1.